The number of hydrogen-bond acceptors (Lipinski definition) is 2. The van der Waals surface area contributed by atoms with Crippen LogP contribution < -0.4 is 0 Å². The van der Waals surface area contributed by atoms with Crippen LogP contribution >= 0.6 is 11.8 Å². The Kier molecular flexibility index (Phi) is 2.97. The van der Waals surface area contributed by atoms with Crippen LogP contribution in [-0.2, 0) is 0 Å². The maximum Gasteiger partial charge on any atom is 0.0762 e. The van der Waals surface area contributed by atoms with E-state index in [0.29, 0.717) is 0 Å². The molecule has 0 fully saturated rings. The number of rotatable bonds is 2. The Labute approximate surface area is 71.4 Å². The van der Waals surface area contributed by atoms with Gasteiger partial charge in [0.25, 0.3) is 0 Å². The monoisotopic (exact) mass is 168 g/mol. The van der Waals surface area contributed by atoms with E-state index in [9.17, 15) is 5.11 Å². The van der Waals surface area contributed by atoms with Gasteiger partial charge >= 0.3 is 0 Å². The predicted octanol–water partition coefficient (Wildman–Crippen LogP) is 2.46. The first-order chi connectivity index (χ1) is 5.24. The van der Waals surface area contributed by atoms with Gasteiger partial charge in [-0.15, -0.1) is 11.8 Å². The van der Waals surface area contributed by atoms with Crippen molar-refractivity contribution in [1.29, 1.82) is 0 Å². The van der Waals surface area contributed by atoms with Crippen LogP contribution in [0.5, 0.6) is 0 Å². The minimum Gasteiger partial charge on any atom is -0.389 e. The van der Waals surface area contributed by atoms with Gasteiger partial charge in [-0.2, -0.15) is 0 Å². The van der Waals surface area contributed by atoms with E-state index >= 15 is 0 Å². The molecular weight excluding hydrogens is 156 g/mol. The minimum absolute atomic E-state index is 0.359. The molecule has 60 valence electrons. The smallest absolute Gasteiger partial charge is 0.0762 e. The lowest BCUT2D eigenvalue weighted by molar-refractivity contribution is 0.199. The summed E-state index contributed by atoms with van der Waals surface area (Å²) >= 11 is 1.69. The number of hydrogen-bond donors (Lipinski definition) is 1. The summed E-state index contributed by atoms with van der Waals surface area (Å²) in [6, 6.07) is 7.95. The highest BCUT2D eigenvalue weighted by Crippen LogP contribution is 2.19. The van der Waals surface area contributed by atoms with Gasteiger partial charge in [0.1, 0.15) is 0 Å². The largest absolute Gasteiger partial charge is 0.389 e. The Morgan fingerprint density at radius 2 is 2.18 bits per heavy atom. The van der Waals surface area contributed by atoms with Crippen molar-refractivity contribution in [2.75, 3.05) is 6.26 Å². The normalized spacial score (nSPS) is 13.0. The third-order valence-electron chi connectivity index (χ3n) is 1.58. The molecule has 0 aliphatic carbocycles. The number of aliphatic hydroxyl groups is 1. The van der Waals surface area contributed by atoms with Gasteiger partial charge in [0.15, 0.2) is 0 Å². The van der Waals surface area contributed by atoms with Crippen molar-refractivity contribution in [3.8, 4) is 0 Å². The molecule has 0 saturated carbocycles. The Hall–Kier alpha value is -0.470. The summed E-state index contributed by atoms with van der Waals surface area (Å²) in [5, 5.41) is 9.23. The van der Waals surface area contributed by atoms with Crippen molar-refractivity contribution in [1.82, 2.24) is 0 Å². The lowest BCUT2D eigenvalue weighted by Crippen LogP contribution is -1.89. The highest BCUT2D eigenvalue weighted by Gasteiger charge is 1.99. The van der Waals surface area contributed by atoms with Crippen molar-refractivity contribution in [3.05, 3.63) is 29.8 Å². The highest BCUT2D eigenvalue weighted by molar-refractivity contribution is 7.98. The van der Waals surface area contributed by atoms with Crippen LogP contribution in [0.3, 0.4) is 0 Å². The minimum atomic E-state index is -0.359. The van der Waals surface area contributed by atoms with E-state index in [1.807, 2.05) is 30.5 Å². The van der Waals surface area contributed by atoms with Gasteiger partial charge in [-0.1, -0.05) is 12.1 Å². The molecule has 1 aromatic carbocycles. The lowest BCUT2D eigenvalue weighted by atomic mass is 10.1. The third-order valence-corrected chi connectivity index (χ3v) is 2.30. The van der Waals surface area contributed by atoms with Crippen LogP contribution in [0.1, 0.15) is 18.6 Å². The van der Waals surface area contributed by atoms with Crippen LogP contribution in [0.2, 0.25) is 0 Å². The van der Waals surface area contributed by atoms with Crippen molar-refractivity contribution in [3.63, 3.8) is 0 Å². The van der Waals surface area contributed by atoms with Gasteiger partial charge in [0.05, 0.1) is 6.10 Å². The van der Waals surface area contributed by atoms with Crippen molar-refractivity contribution < 1.29 is 5.11 Å². The topological polar surface area (TPSA) is 20.2 Å². The van der Waals surface area contributed by atoms with Gasteiger partial charge in [-0.05, 0) is 30.9 Å². The van der Waals surface area contributed by atoms with E-state index in [4.69, 9.17) is 0 Å². The van der Waals surface area contributed by atoms with Crippen LogP contribution in [0.4, 0.5) is 0 Å². The molecule has 0 saturated heterocycles. The Morgan fingerprint density at radius 1 is 1.45 bits per heavy atom. The van der Waals surface area contributed by atoms with Crippen molar-refractivity contribution in [2.24, 2.45) is 0 Å². The van der Waals surface area contributed by atoms with E-state index in [1.54, 1.807) is 18.7 Å². The quantitative estimate of drug-likeness (QED) is 0.684. The number of aliphatic hydroxyl groups excluding tert-OH is 1. The third kappa shape index (κ3) is 2.24. The summed E-state index contributed by atoms with van der Waals surface area (Å²) in [6.07, 6.45) is 1.67. The molecule has 0 aliphatic rings. The highest BCUT2D eigenvalue weighted by atomic mass is 32.2. The Morgan fingerprint density at radius 3 is 2.73 bits per heavy atom. The van der Waals surface area contributed by atoms with Gasteiger partial charge in [0.2, 0.25) is 0 Å². The van der Waals surface area contributed by atoms with Gasteiger partial charge in [-0.3, -0.25) is 0 Å². The number of benzene rings is 1. The molecule has 0 amide bonds. The van der Waals surface area contributed by atoms with Crippen LogP contribution in [0.15, 0.2) is 29.2 Å². The second kappa shape index (κ2) is 3.79. The second-order valence-electron chi connectivity index (χ2n) is 2.45. The average Bonchev–Trinajstić information content (AvgIpc) is 2.05. The molecule has 0 unspecified atom stereocenters. The molecule has 0 bridgehead atoms. The predicted molar refractivity (Wildman–Crippen MR) is 48.9 cm³/mol. The van der Waals surface area contributed by atoms with Crippen LogP contribution in [0, 0.1) is 0 Å². The molecule has 1 N–H and O–H groups in total. The summed E-state index contributed by atoms with van der Waals surface area (Å²) in [6.45, 7) is 1.78. The fourth-order valence-corrected chi connectivity index (χ4v) is 1.37. The zero-order valence-corrected chi connectivity index (χ0v) is 7.56. The van der Waals surface area contributed by atoms with E-state index in [2.05, 4.69) is 0 Å². The van der Waals surface area contributed by atoms with E-state index in [-0.39, 0.29) is 6.10 Å². The molecule has 1 rings (SSSR count). The van der Waals surface area contributed by atoms with Gasteiger partial charge in [-0.25, -0.2) is 0 Å². The zero-order chi connectivity index (χ0) is 8.27. The van der Waals surface area contributed by atoms with Crippen LogP contribution in [-0.4, -0.2) is 11.4 Å². The van der Waals surface area contributed by atoms with E-state index in [1.165, 1.54) is 4.90 Å². The van der Waals surface area contributed by atoms with Crippen molar-refractivity contribution in [2.45, 2.75) is 17.9 Å². The Balaban J connectivity index is 2.91. The summed E-state index contributed by atoms with van der Waals surface area (Å²) in [4.78, 5) is 1.20. The molecule has 0 aliphatic heterocycles. The fourth-order valence-electron chi connectivity index (χ4n) is 0.901. The molecule has 1 aromatic rings. The molecule has 0 spiro atoms. The van der Waals surface area contributed by atoms with E-state index in [0.717, 1.165) is 5.56 Å². The molecule has 11 heavy (non-hydrogen) atoms. The molecule has 2 heteroatoms. The summed E-state index contributed by atoms with van der Waals surface area (Å²) in [7, 11) is 0. The summed E-state index contributed by atoms with van der Waals surface area (Å²) in [5.41, 5.74) is 0.983. The van der Waals surface area contributed by atoms with E-state index < -0.39 is 0 Å². The first kappa shape index (κ1) is 8.62. The number of thioether (sulfide) groups is 1. The molecule has 1 atom stereocenters. The van der Waals surface area contributed by atoms with Gasteiger partial charge in [0, 0.05) is 4.90 Å². The Bertz CT molecular complexity index is 233. The van der Waals surface area contributed by atoms with Crippen LogP contribution in [0.25, 0.3) is 0 Å². The maximum absolute atomic E-state index is 9.23. The molecular formula is C9H12OS. The molecule has 1 nitrogen and oxygen atoms in total. The fraction of sp³-hybridized carbons (Fsp3) is 0.333. The SMILES string of the molecule is CSc1cccc([C@@H](C)O)c1. The van der Waals surface area contributed by atoms with Crippen molar-refractivity contribution >= 4 is 11.8 Å². The van der Waals surface area contributed by atoms with Gasteiger partial charge < -0.3 is 5.11 Å². The molecule has 0 heterocycles. The summed E-state index contributed by atoms with van der Waals surface area (Å²) < 4.78 is 0. The lowest BCUT2D eigenvalue weighted by Gasteiger charge is -2.04. The zero-order valence-electron chi connectivity index (χ0n) is 6.74. The standard InChI is InChI=1S/C9H12OS/c1-7(10)8-4-3-5-9(6-8)11-2/h3-7,10H,1-2H3/t7-/m1/s1. The molecule has 0 radical (unpaired) electrons. The first-order valence-corrected chi connectivity index (χ1v) is 4.78. The molecule has 0 aromatic heterocycles. The maximum atomic E-state index is 9.23. The summed E-state index contributed by atoms with van der Waals surface area (Å²) in [5.74, 6) is 0. The second-order valence-corrected chi connectivity index (χ2v) is 3.33. The first-order valence-electron chi connectivity index (χ1n) is 3.56. The average molecular weight is 168 g/mol.